The van der Waals surface area contributed by atoms with Crippen LogP contribution < -0.4 is 25.6 Å². The molecule has 2 nitrogen and oxygen atoms in total. The molecular weight excluding hydrogens is 801 g/mol. The Morgan fingerprint density at radius 2 is 0.831 bits per heavy atom. The number of anilines is 3. The van der Waals surface area contributed by atoms with Crippen LogP contribution in [0, 0.1) is 0 Å². The van der Waals surface area contributed by atoms with Crippen molar-refractivity contribution in [2.75, 3.05) is 4.90 Å². The lowest BCUT2D eigenvalue weighted by molar-refractivity contribution is 1.18. The monoisotopic (exact) mass is 844 g/mol. The Morgan fingerprint density at radius 1 is 0.323 bits per heavy atom. The highest BCUT2D eigenvalue weighted by Gasteiger charge is 2.42. The van der Waals surface area contributed by atoms with E-state index < -0.39 is 8.07 Å². The molecule has 3 heteroatoms. The second kappa shape index (κ2) is 16.1. The van der Waals surface area contributed by atoms with E-state index in [2.05, 4.69) is 276 Å². The molecule has 0 spiro atoms. The molecule has 0 radical (unpaired) electrons. The Hall–Kier alpha value is -8.24. The molecule has 1 aromatic heterocycles. The molecule has 0 aliphatic heterocycles. The van der Waals surface area contributed by atoms with Crippen LogP contribution in [-0.2, 0) is 0 Å². The molecule has 0 amide bonds. The summed E-state index contributed by atoms with van der Waals surface area (Å²) >= 11 is 0. The van der Waals surface area contributed by atoms with Crippen LogP contribution in [0.15, 0.2) is 267 Å². The van der Waals surface area contributed by atoms with Gasteiger partial charge in [0, 0.05) is 27.5 Å². The average molecular weight is 845 g/mol. The number of fused-ring (bicyclic) bond motifs is 5. The third kappa shape index (κ3) is 6.31. The maximum absolute atomic E-state index is 2.88. The molecule has 0 atom stereocenters. The SMILES string of the molecule is c1ccc(-n2c3ccccc3c3c(N(c4ccc(-c5cccc6ccccc56)cc4)c4ccc([Si](c5ccccc5)(c5ccccc5)c5ccccc5)c5ccccc45)cccc32)cc1. The number of para-hydroxylation sites is 2. The van der Waals surface area contributed by atoms with Crippen LogP contribution in [0.25, 0.3) is 60.2 Å². The maximum Gasteiger partial charge on any atom is 0.180 e. The Labute approximate surface area is 380 Å². The van der Waals surface area contributed by atoms with Crippen LogP contribution in [0.1, 0.15) is 0 Å². The van der Waals surface area contributed by atoms with Gasteiger partial charge < -0.3 is 9.47 Å². The van der Waals surface area contributed by atoms with Gasteiger partial charge in [-0.05, 0) is 96.6 Å². The largest absolute Gasteiger partial charge is 0.309 e. The Morgan fingerprint density at radius 3 is 1.49 bits per heavy atom. The van der Waals surface area contributed by atoms with Gasteiger partial charge in [-0.15, -0.1) is 0 Å². The lowest BCUT2D eigenvalue weighted by Crippen LogP contribution is -2.74. The molecular formula is C62H44N2Si. The Balaban J connectivity index is 1.15. The fourth-order valence-corrected chi connectivity index (χ4v) is 15.5. The van der Waals surface area contributed by atoms with Crippen molar-refractivity contribution in [1.82, 2.24) is 4.57 Å². The van der Waals surface area contributed by atoms with Crippen LogP contribution in [0.4, 0.5) is 17.1 Å². The van der Waals surface area contributed by atoms with E-state index in [0.29, 0.717) is 0 Å². The first kappa shape index (κ1) is 38.4. The van der Waals surface area contributed by atoms with Crippen LogP contribution in [0.5, 0.6) is 0 Å². The molecule has 306 valence electrons. The molecule has 1 heterocycles. The van der Waals surface area contributed by atoms with Crippen molar-refractivity contribution in [2.24, 2.45) is 0 Å². The lowest BCUT2D eigenvalue weighted by Gasteiger charge is -2.36. The highest BCUT2D eigenvalue weighted by molar-refractivity contribution is 7.20. The fraction of sp³-hybridized carbons (Fsp3) is 0. The molecule has 11 aromatic carbocycles. The van der Waals surface area contributed by atoms with Crippen molar-refractivity contribution in [3.8, 4) is 16.8 Å². The predicted molar refractivity (Wildman–Crippen MR) is 280 cm³/mol. The molecule has 0 aliphatic carbocycles. The quantitative estimate of drug-likeness (QED) is 0.104. The first-order valence-electron chi connectivity index (χ1n) is 22.4. The summed E-state index contributed by atoms with van der Waals surface area (Å²) in [6.07, 6.45) is 0. The Kier molecular flexibility index (Phi) is 9.55. The number of benzene rings is 11. The van der Waals surface area contributed by atoms with Gasteiger partial charge in [-0.25, -0.2) is 0 Å². The smallest absolute Gasteiger partial charge is 0.180 e. The van der Waals surface area contributed by atoms with Gasteiger partial charge in [0.05, 0.1) is 22.4 Å². The van der Waals surface area contributed by atoms with Crippen molar-refractivity contribution in [1.29, 1.82) is 0 Å². The van der Waals surface area contributed by atoms with Crippen molar-refractivity contribution in [2.45, 2.75) is 0 Å². The third-order valence-electron chi connectivity index (χ3n) is 13.3. The summed E-state index contributed by atoms with van der Waals surface area (Å²) in [5, 5.41) is 12.8. The van der Waals surface area contributed by atoms with Gasteiger partial charge in [0.15, 0.2) is 8.07 Å². The first-order valence-corrected chi connectivity index (χ1v) is 24.4. The van der Waals surface area contributed by atoms with Gasteiger partial charge in [0.2, 0.25) is 0 Å². The maximum atomic E-state index is 2.51. The summed E-state index contributed by atoms with van der Waals surface area (Å²) < 4.78 is 2.41. The molecule has 0 saturated carbocycles. The van der Waals surface area contributed by atoms with Crippen molar-refractivity contribution in [3.05, 3.63) is 267 Å². The van der Waals surface area contributed by atoms with Crippen LogP contribution in [-0.4, -0.2) is 12.6 Å². The van der Waals surface area contributed by atoms with Crippen molar-refractivity contribution >= 4 is 89.2 Å². The topological polar surface area (TPSA) is 8.17 Å². The minimum absolute atomic E-state index is 1.09. The zero-order valence-electron chi connectivity index (χ0n) is 35.8. The molecule has 0 aliphatic rings. The summed E-state index contributed by atoms with van der Waals surface area (Å²) in [6.45, 7) is 0. The number of nitrogens with zero attached hydrogens (tertiary/aromatic N) is 2. The summed E-state index contributed by atoms with van der Waals surface area (Å²) in [7, 11) is -2.88. The highest BCUT2D eigenvalue weighted by atomic mass is 28.3. The van der Waals surface area contributed by atoms with Crippen LogP contribution in [0.2, 0.25) is 0 Å². The normalized spacial score (nSPS) is 11.7. The molecule has 0 fully saturated rings. The number of hydrogen-bond acceptors (Lipinski definition) is 1. The molecule has 0 saturated heterocycles. The van der Waals surface area contributed by atoms with Gasteiger partial charge in [-0.3, -0.25) is 0 Å². The standard InChI is InChI=1S/C62H44N2Si/c1-5-23-47(24-6-1)63-57-36-18-17-34-56(57)62-59(63)37-20-38-60(62)64(48-41-39-46(40-42-48)53-35-19-22-45-21-13-14-31-52(45)53)58-43-44-61(55-33-16-15-32-54(55)58)65(49-25-7-2-8-26-49,50-27-9-3-10-28-50)51-29-11-4-12-30-51/h1-44H. The average Bonchev–Trinajstić information content (AvgIpc) is 3.73. The number of rotatable bonds is 9. The van der Waals surface area contributed by atoms with E-state index in [1.807, 2.05) is 0 Å². The summed E-state index contributed by atoms with van der Waals surface area (Å²) in [4.78, 5) is 2.51. The van der Waals surface area contributed by atoms with E-state index in [-0.39, 0.29) is 0 Å². The Bertz CT molecular complexity index is 3540. The number of hydrogen-bond donors (Lipinski definition) is 0. The molecule has 12 rings (SSSR count). The van der Waals surface area contributed by atoms with E-state index in [4.69, 9.17) is 0 Å². The summed E-state index contributed by atoms with van der Waals surface area (Å²) in [5.41, 5.74) is 9.25. The third-order valence-corrected chi connectivity index (χ3v) is 18.2. The van der Waals surface area contributed by atoms with E-state index in [1.165, 1.54) is 69.7 Å². The lowest BCUT2D eigenvalue weighted by atomic mass is 9.98. The fourth-order valence-electron chi connectivity index (χ4n) is 10.6. The van der Waals surface area contributed by atoms with Crippen LogP contribution >= 0.6 is 0 Å². The van der Waals surface area contributed by atoms with Gasteiger partial charge in [-0.2, -0.15) is 0 Å². The van der Waals surface area contributed by atoms with E-state index in [1.54, 1.807) is 0 Å². The van der Waals surface area contributed by atoms with E-state index in [0.717, 1.165) is 28.3 Å². The predicted octanol–water partition coefficient (Wildman–Crippen LogP) is 13.6. The van der Waals surface area contributed by atoms with E-state index in [9.17, 15) is 0 Å². The van der Waals surface area contributed by atoms with Gasteiger partial charge >= 0.3 is 0 Å². The second-order valence-electron chi connectivity index (χ2n) is 16.8. The van der Waals surface area contributed by atoms with Crippen LogP contribution in [0.3, 0.4) is 0 Å². The minimum Gasteiger partial charge on any atom is -0.309 e. The molecule has 65 heavy (non-hydrogen) atoms. The molecule has 12 aromatic rings. The zero-order valence-corrected chi connectivity index (χ0v) is 36.8. The molecule has 0 N–H and O–H groups in total. The molecule has 0 bridgehead atoms. The molecule has 0 unspecified atom stereocenters. The van der Waals surface area contributed by atoms with Crippen molar-refractivity contribution < 1.29 is 0 Å². The summed E-state index contributed by atoms with van der Waals surface area (Å²) in [5.74, 6) is 0. The first-order chi connectivity index (χ1) is 32.3. The highest BCUT2D eigenvalue weighted by Crippen LogP contribution is 2.46. The van der Waals surface area contributed by atoms with Gasteiger partial charge in [-0.1, -0.05) is 218 Å². The summed E-state index contributed by atoms with van der Waals surface area (Å²) in [6, 6.07) is 98.6. The van der Waals surface area contributed by atoms with Gasteiger partial charge in [0.25, 0.3) is 0 Å². The van der Waals surface area contributed by atoms with Crippen molar-refractivity contribution in [3.63, 3.8) is 0 Å². The zero-order chi connectivity index (χ0) is 43.2. The van der Waals surface area contributed by atoms with E-state index >= 15 is 0 Å². The second-order valence-corrected chi connectivity index (χ2v) is 20.6. The van der Waals surface area contributed by atoms with Gasteiger partial charge in [0.1, 0.15) is 0 Å². The minimum atomic E-state index is -2.88. The number of aromatic nitrogens is 1.